The van der Waals surface area contributed by atoms with E-state index in [1.807, 2.05) is 0 Å². The normalized spacial score (nSPS) is 9.46. The molecule has 0 rings (SSSR count). The third kappa shape index (κ3) is 5.34. The van der Waals surface area contributed by atoms with Crippen molar-refractivity contribution in [1.82, 2.24) is 10.2 Å². The van der Waals surface area contributed by atoms with Gasteiger partial charge in [-0.3, -0.25) is 0 Å². The molecular weight excluding hydrogens is 160 g/mol. The number of likely N-dealkylation sites (N-methyl/N-ethyl adjacent to an activating group) is 1. The van der Waals surface area contributed by atoms with Crippen LogP contribution in [0.5, 0.6) is 0 Å². The molecule has 2 heteroatoms. The number of nitrogens with zero attached hydrogens (tertiary/aromatic N) is 1. The second kappa shape index (κ2) is 6.58. The maximum Gasteiger partial charge on any atom is 0.0345 e. The van der Waals surface area contributed by atoms with E-state index in [9.17, 15) is 0 Å². The Morgan fingerprint density at radius 3 is 2.31 bits per heavy atom. The molecule has 0 aliphatic carbocycles. The molecule has 0 radical (unpaired) electrons. The van der Waals surface area contributed by atoms with Crippen molar-refractivity contribution in [3.63, 3.8) is 0 Å². The Hall–Kier alpha value is -0.920. The fourth-order valence-electron chi connectivity index (χ4n) is 0.953. The van der Waals surface area contributed by atoms with Gasteiger partial charge in [0.1, 0.15) is 0 Å². The standard InChI is InChI=1S/C11H22N2/c1-6-10(3)12-8-9-13(5)11(4)7-2/h12H,3-4,6-9H2,1-2,5H3. The summed E-state index contributed by atoms with van der Waals surface area (Å²) in [4.78, 5) is 2.18. The van der Waals surface area contributed by atoms with Crippen LogP contribution < -0.4 is 5.32 Å². The molecule has 2 nitrogen and oxygen atoms in total. The van der Waals surface area contributed by atoms with Gasteiger partial charge in [-0.15, -0.1) is 0 Å². The highest BCUT2D eigenvalue weighted by Crippen LogP contribution is 2.01. The van der Waals surface area contributed by atoms with Crippen LogP contribution in [0.25, 0.3) is 0 Å². The number of nitrogens with one attached hydrogen (secondary N) is 1. The molecule has 0 aromatic heterocycles. The van der Waals surface area contributed by atoms with Crippen LogP contribution in [0.15, 0.2) is 24.6 Å². The molecule has 76 valence electrons. The molecule has 0 aliphatic heterocycles. The molecule has 0 heterocycles. The first-order valence-corrected chi connectivity index (χ1v) is 4.92. The average Bonchev–Trinajstić information content (AvgIpc) is 2.15. The van der Waals surface area contributed by atoms with Gasteiger partial charge < -0.3 is 10.2 Å². The predicted molar refractivity (Wildman–Crippen MR) is 59.5 cm³/mol. The molecule has 0 aromatic carbocycles. The van der Waals surface area contributed by atoms with Crippen LogP contribution in [0.4, 0.5) is 0 Å². The lowest BCUT2D eigenvalue weighted by atomic mass is 10.3. The summed E-state index contributed by atoms with van der Waals surface area (Å²) < 4.78 is 0. The van der Waals surface area contributed by atoms with Crippen LogP contribution in [-0.2, 0) is 0 Å². The molecule has 0 amide bonds. The molecular formula is C11H22N2. The summed E-state index contributed by atoms with van der Waals surface area (Å²) in [5, 5.41) is 3.26. The summed E-state index contributed by atoms with van der Waals surface area (Å²) in [7, 11) is 2.07. The highest BCUT2D eigenvalue weighted by atomic mass is 15.1. The first-order valence-electron chi connectivity index (χ1n) is 4.92. The minimum Gasteiger partial charge on any atom is -0.387 e. The minimum absolute atomic E-state index is 0.947. The predicted octanol–water partition coefficient (Wildman–Crippen LogP) is 2.36. The van der Waals surface area contributed by atoms with Gasteiger partial charge in [0.15, 0.2) is 0 Å². The van der Waals surface area contributed by atoms with E-state index in [0.717, 1.165) is 31.6 Å². The first kappa shape index (κ1) is 12.1. The first-order chi connectivity index (χ1) is 6.11. The summed E-state index contributed by atoms with van der Waals surface area (Å²) in [6.07, 6.45) is 2.02. The van der Waals surface area contributed by atoms with E-state index < -0.39 is 0 Å². The number of rotatable bonds is 7. The lowest BCUT2D eigenvalue weighted by molar-refractivity contribution is 0.405. The van der Waals surface area contributed by atoms with E-state index in [4.69, 9.17) is 0 Å². The molecule has 0 unspecified atom stereocenters. The molecule has 0 aliphatic rings. The Labute approximate surface area is 82.3 Å². The van der Waals surface area contributed by atoms with Crippen LogP contribution in [0.1, 0.15) is 26.7 Å². The highest BCUT2D eigenvalue weighted by Gasteiger charge is 1.98. The van der Waals surface area contributed by atoms with Crippen molar-refractivity contribution in [3.05, 3.63) is 24.6 Å². The van der Waals surface area contributed by atoms with E-state index >= 15 is 0 Å². The van der Waals surface area contributed by atoms with Crippen molar-refractivity contribution >= 4 is 0 Å². The molecule has 0 bridgehead atoms. The van der Waals surface area contributed by atoms with E-state index in [2.05, 4.69) is 44.3 Å². The second-order valence-corrected chi connectivity index (χ2v) is 3.23. The maximum atomic E-state index is 3.97. The van der Waals surface area contributed by atoms with E-state index in [-0.39, 0.29) is 0 Å². The largest absolute Gasteiger partial charge is 0.387 e. The lowest BCUT2D eigenvalue weighted by Crippen LogP contribution is -2.27. The summed E-state index contributed by atoms with van der Waals surface area (Å²) in [6.45, 7) is 14.0. The Bertz CT molecular complexity index is 173. The van der Waals surface area contributed by atoms with Crippen LogP contribution in [0, 0.1) is 0 Å². The summed E-state index contributed by atoms with van der Waals surface area (Å²) >= 11 is 0. The number of hydrogen-bond donors (Lipinski definition) is 1. The fourth-order valence-corrected chi connectivity index (χ4v) is 0.953. The molecule has 0 fully saturated rings. The Kier molecular flexibility index (Phi) is 6.11. The molecule has 13 heavy (non-hydrogen) atoms. The Balaban J connectivity index is 3.53. The SMILES string of the molecule is C=C(CC)NCCN(C)C(=C)CC. The van der Waals surface area contributed by atoms with Gasteiger partial charge in [0.2, 0.25) is 0 Å². The molecule has 0 aromatic rings. The molecule has 0 saturated heterocycles. The molecule has 0 saturated carbocycles. The summed E-state index contributed by atoms with van der Waals surface area (Å²) in [6, 6.07) is 0. The average molecular weight is 182 g/mol. The van der Waals surface area contributed by atoms with Crippen LogP contribution in [0.2, 0.25) is 0 Å². The highest BCUT2D eigenvalue weighted by molar-refractivity contribution is 4.93. The lowest BCUT2D eigenvalue weighted by Gasteiger charge is -2.21. The van der Waals surface area contributed by atoms with Gasteiger partial charge >= 0.3 is 0 Å². The molecule has 0 atom stereocenters. The quantitative estimate of drug-likeness (QED) is 0.650. The van der Waals surface area contributed by atoms with Crippen molar-refractivity contribution in [2.45, 2.75) is 26.7 Å². The van der Waals surface area contributed by atoms with Crippen molar-refractivity contribution in [2.75, 3.05) is 20.1 Å². The van der Waals surface area contributed by atoms with Gasteiger partial charge in [-0.1, -0.05) is 27.0 Å². The fraction of sp³-hybridized carbons (Fsp3) is 0.636. The third-order valence-corrected chi connectivity index (χ3v) is 2.20. The zero-order valence-electron chi connectivity index (χ0n) is 9.19. The van der Waals surface area contributed by atoms with Crippen LogP contribution in [0.3, 0.4) is 0 Å². The number of hydrogen-bond acceptors (Lipinski definition) is 2. The summed E-state index contributed by atoms with van der Waals surface area (Å²) in [5.41, 5.74) is 2.29. The molecule has 1 N–H and O–H groups in total. The van der Waals surface area contributed by atoms with Gasteiger partial charge in [0.25, 0.3) is 0 Å². The molecule has 0 spiro atoms. The van der Waals surface area contributed by atoms with Crippen LogP contribution in [-0.4, -0.2) is 25.0 Å². The summed E-state index contributed by atoms with van der Waals surface area (Å²) in [5.74, 6) is 0. The van der Waals surface area contributed by atoms with Crippen molar-refractivity contribution in [1.29, 1.82) is 0 Å². The van der Waals surface area contributed by atoms with Gasteiger partial charge in [0.05, 0.1) is 0 Å². The Morgan fingerprint density at radius 2 is 1.85 bits per heavy atom. The second-order valence-electron chi connectivity index (χ2n) is 3.23. The zero-order valence-corrected chi connectivity index (χ0v) is 9.19. The van der Waals surface area contributed by atoms with Gasteiger partial charge in [-0.05, 0) is 12.8 Å². The smallest absolute Gasteiger partial charge is 0.0345 e. The van der Waals surface area contributed by atoms with Gasteiger partial charge in [-0.25, -0.2) is 0 Å². The third-order valence-electron chi connectivity index (χ3n) is 2.20. The van der Waals surface area contributed by atoms with Crippen LogP contribution >= 0.6 is 0 Å². The van der Waals surface area contributed by atoms with E-state index in [1.54, 1.807) is 0 Å². The number of allylic oxidation sites excluding steroid dienone is 2. The van der Waals surface area contributed by atoms with E-state index in [0.29, 0.717) is 0 Å². The Morgan fingerprint density at radius 1 is 1.23 bits per heavy atom. The van der Waals surface area contributed by atoms with Crippen molar-refractivity contribution in [2.24, 2.45) is 0 Å². The van der Waals surface area contributed by atoms with Gasteiger partial charge in [-0.2, -0.15) is 0 Å². The zero-order chi connectivity index (χ0) is 10.3. The van der Waals surface area contributed by atoms with Crippen molar-refractivity contribution in [3.8, 4) is 0 Å². The van der Waals surface area contributed by atoms with Crippen molar-refractivity contribution < 1.29 is 0 Å². The van der Waals surface area contributed by atoms with Gasteiger partial charge in [0, 0.05) is 31.5 Å². The van der Waals surface area contributed by atoms with E-state index in [1.165, 1.54) is 5.70 Å². The monoisotopic (exact) mass is 182 g/mol. The minimum atomic E-state index is 0.947. The topological polar surface area (TPSA) is 15.3 Å². The maximum absolute atomic E-state index is 3.97.